The van der Waals surface area contributed by atoms with Gasteiger partial charge >= 0.3 is 0 Å². The molecule has 0 bridgehead atoms. The van der Waals surface area contributed by atoms with Crippen molar-refractivity contribution < 1.29 is 17.8 Å². The largest absolute Gasteiger partial charge is 0.396 e. The Hall–Kier alpha value is -0.950. The first-order valence-corrected chi connectivity index (χ1v) is 11.7. The van der Waals surface area contributed by atoms with E-state index in [1.807, 2.05) is 0 Å². The van der Waals surface area contributed by atoms with Gasteiger partial charge in [0.15, 0.2) is 0 Å². The van der Waals surface area contributed by atoms with Crippen molar-refractivity contribution >= 4 is 10.1 Å². The molecular weight excluding hydrogens is 362 g/mol. The molecule has 156 valence electrons. The Labute approximate surface area is 165 Å². The van der Waals surface area contributed by atoms with Gasteiger partial charge in [-0.3, -0.25) is 0 Å². The van der Waals surface area contributed by atoms with Crippen molar-refractivity contribution in [3.05, 3.63) is 35.4 Å². The zero-order valence-corrected chi connectivity index (χ0v) is 18.2. The van der Waals surface area contributed by atoms with E-state index in [-0.39, 0.29) is 18.3 Å². The normalized spacial score (nSPS) is 13.4. The molecule has 0 aliphatic heterocycles. The van der Waals surface area contributed by atoms with Gasteiger partial charge in [0, 0.05) is 20.7 Å². The van der Waals surface area contributed by atoms with E-state index in [2.05, 4.69) is 38.1 Å². The molecule has 0 aliphatic rings. The Morgan fingerprint density at radius 2 is 1.56 bits per heavy atom. The Balaban J connectivity index is 2.97. The molecule has 0 saturated carbocycles. The molecular formula is C21H37NO4S. The zero-order chi connectivity index (χ0) is 20.3. The number of hydrogen-bond acceptors (Lipinski definition) is 5. The molecule has 0 aliphatic carbocycles. The number of aliphatic hydroxyl groups excluding tert-OH is 1. The summed E-state index contributed by atoms with van der Waals surface area (Å²) in [6.07, 6.45) is 6.57. The minimum Gasteiger partial charge on any atom is -0.396 e. The summed E-state index contributed by atoms with van der Waals surface area (Å²) in [6, 6.07) is 8.60. The van der Waals surface area contributed by atoms with E-state index in [0.717, 1.165) is 19.3 Å². The van der Waals surface area contributed by atoms with Crippen LogP contribution in [0.2, 0.25) is 0 Å². The molecule has 1 atom stereocenters. The van der Waals surface area contributed by atoms with Crippen LogP contribution in [0, 0.1) is 0 Å². The predicted molar refractivity (Wildman–Crippen MR) is 111 cm³/mol. The summed E-state index contributed by atoms with van der Waals surface area (Å²) in [4.78, 5) is 0. The monoisotopic (exact) mass is 399 g/mol. The highest BCUT2D eigenvalue weighted by Crippen LogP contribution is 2.31. The maximum Gasteiger partial charge on any atom is 0.283 e. The molecule has 0 radical (unpaired) electrons. The van der Waals surface area contributed by atoms with Crippen molar-refractivity contribution in [2.24, 2.45) is 0 Å². The zero-order valence-electron chi connectivity index (χ0n) is 17.4. The summed E-state index contributed by atoms with van der Waals surface area (Å²) in [5, 5.41) is 10.4. The topological polar surface area (TPSA) is 66.8 Å². The van der Waals surface area contributed by atoms with Gasteiger partial charge < -0.3 is 5.11 Å². The summed E-state index contributed by atoms with van der Waals surface area (Å²) in [7, 11) is -0.466. The first-order valence-electron chi connectivity index (χ1n) is 10.1. The summed E-state index contributed by atoms with van der Waals surface area (Å²) in [6.45, 7) is 4.55. The second-order valence-corrected chi connectivity index (χ2v) is 9.12. The lowest BCUT2D eigenvalue weighted by Crippen LogP contribution is -2.22. The Kier molecular flexibility index (Phi) is 11.1. The Morgan fingerprint density at radius 1 is 1.00 bits per heavy atom. The van der Waals surface area contributed by atoms with Crippen LogP contribution in [0.4, 0.5) is 0 Å². The first-order chi connectivity index (χ1) is 12.8. The second-order valence-electron chi connectivity index (χ2n) is 7.44. The first kappa shape index (κ1) is 24.1. The van der Waals surface area contributed by atoms with Crippen molar-refractivity contribution in [3.63, 3.8) is 0 Å². The molecule has 0 fully saturated rings. The van der Waals surface area contributed by atoms with Gasteiger partial charge in [-0.2, -0.15) is 17.8 Å². The van der Waals surface area contributed by atoms with Crippen molar-refractivity contribution in [1.82, 2.24) is 5.06 Å². The molecule has 0 spiro atoms. The molecule has 0 heterocycles. The van der Waals surface area contributed by atoms with Crippen LogP contribution in [0.15, 0.2) is 24.3 Å². The van der Waals surface area contributed by atoms with Crippen LogP contribution in [0.5, 0.6) is 0 Å². The van der Waals surface area contributed by atoms with E-state index in [9.17, 15) is 13.5 Å². The number of hydrogen-bond donors (Lipinski definition) is 1. The lowest BCUT2D eigenvalue weighted by molar-refractivity contribution is 0.00511. The maximum atomic E-state index is 12.1. The van der Waals surface area contributed by atoms with Gasteiger partial charge in [-0.25, -0.2) is 0 Å². The lowest BCUT2D eigenvalue weighted by Gasteiger charge is -2.21. The molecule has 1 rings (SSSR count). The number of hydroxylamine groups is 2. The van der Waals surface area contributed by atoms with Gasteiger partial charge in [0.2, 0.25) is 0 Å². The molecule has 1 N–H and O–H groups in total. The number of benzene rings is 1. The summed E-state index contributed by atoms with van der Waals surface area (Å²) < 4.78 is 29.1. The summed E-state index contributed by atoms with van der Waals surface area (Å²) in [5.74, 6) is 0.625. The molecule has 6 heteroatoms. The SMILES string of the molecule is CCCC(CCC)c1cccc(C(CCCO)CCS(=O)(=O)ON(C)C)c1. The van der Waals surface area contributed by atoms with E-state index in [0.29, 0.717) is 18.8 Å². The predicted octanol–water partition coefficient (Wildman–Crippen LogP) is 4.44. The van der Waals surface area contributed by atoms with Gasteiger partial charge in [-0.15, -0.1) is 0 Å². The molecule has 5 nitrogen and oxygen atoms in total. The van der Waals surface area contributed by atoms with Crippen LogP contribution in [0.3, 0.4) is 0 Å². The Bertz CT molecular complexity index is 625. The van der Waals surface area contributed by atoms with Crippen LogP contribution >= 0.6 is 0 Å². The van der Waals surface area contributed by atoms with Crippen molar-refractivity contribution in [2.45, 2.75) is 70.6 Å². The van der Waals surface area contributed by atoms with E-state index in [4.69, 9.17) is 4.28 Å². The average Bonchev–Trinajstić information content (AvgIpc) is 2.60. The lowest BCUT2D eigenvalue weighted by atomic mass is 9.85. The van der Waals surface area contributed by atoms with Gasteiger partial charge in [0.1, 0.15) is 0 Å². The van der Waals surface area contributed by atoms with Gasteiger partial charge in [-0.1, -0.05) is 51.0 Å². The number of nitrogens with zero attached hydrogens (tertiary/aromatic N) is 1. The van der Waals surface area contributed by atoms with Crippen LogP contribution in [0.1, 0.15) is 81.8 Å². The van der Waals surface area contributed by atoms with Crippen molar-refractivity contribution in [2.75, 3.05) is 26.5 Å². The highest BCUT2D eigenvalue weighted by Gasteiger charge is 2.20. The molecule has 1 aromatic carbocycles. The van der Waals surface area contributed by atoms with Crippen LogP contribution < -0.4 is 0 Å². The van der Waals surface area contributed by atoms with Crippen molar-refractivity contribution in [3.8, 4) is 0 Å². The number of rotatable bonds is 14. The third-order valence-electron chi connectivity index (χ3n) is 4.82. The van der Waals surface area contributed by atoms with Gasteiger partial charge in [0.25, 0.3) is 10.1 Å². The van der Waals surface area contributed by atoms with Crippen LogP contribution in [-0.2, 0) is 14.4 Å². The summed E-state index contributed by atoms with van der Waals surface area (Å²) in [5.41, 5.74) is 2.51. The smallest absolute Gasteiger partial charge is 0.283 e. The number of aliphatic hydroxyl groups is 1. The fourth-order valence-corrected chi connectivity index (χ4v) is 4.71. The van der Waals surface area contributed by atoms with Crippen LogP contribution in [0.25, 0.3) is 0 Å². The molecule has 1 aromatic rings. The second kappa shape index (κ2) is 12.5. The van der Waals surface area contributed by atoms with Gasteiger partial charge in [-0.05, 0) is 55.1 Å². The highest BCUT2D eigenvalue weighted by atomic mass is 32.2. The fourth-order valence-electron chi connectivity index (χ4n) is 3.61. The van der Waals surface area contributed by atoms with Crippen molar-refractivity contribution in [1.29, 1.82) is 0 Å². The third-order valence-corrected chi connectivity index (χ3v) is 6.08. The molecule has 1 unspecified atom stereocenters. The Morgan fingerprint density at radius 3 is 2.04 bits per heavy atom. The highest BCUT2D eigenvalue weighted by molar-refractivity contribution is 7.86. The van der Waals surface area contributed by atoms with E-state index < -0.39 is 10.1 Å². The third kappa shape index (κ3) is 9.19. The van der Waals surface area contributed by atoms with Gasteiger partial charge in [0.05, 0.1) is 5.75 Å². The van der Waals surface area contributed by atoms with Crippen LogP contribution in [-0.4, -0.2) is 45.0 Å². The fraction of sp³-hybridized carbons (Fsp3) is 0.714. The molecule has 0 aromatic heterocycles. The maximum absolute atomic E-state index is 12.1. The van der Waals surface area contributed by atoms with E-state index in [1.54, 1.807) is 14.1 Å². The molecule has 0 amide bonds. The standard InChI is InChI=1S/C21H37NO4S/c1-5-9-18(10-6-2)20-11-7-12-21(17-20)19(13-8-15-23)14-16-27(24,25)26-22(3)4/h7,11-12,17-19,23H,5-6,8-10,13-16H2,1-4H3. The van der Waals surface area contributed by atoms with E-state index in [1.165, 1.54) is 29.0 Å². The quantitative estimate of drug-likeness (QED) is 0.469. The molecule has 27 heavy (non-hydrogen) atoms. The minimum atomic E-state index is -3.59. The minimum absolute atomic E-state index is 0.0289. The molecule has 0 saturated heterocycles. The summed E-state index contributed by atoms with van der Waals surface area (Å²) >= 11 is 0. The average molecular weight is 400 g/mol. The van der Waals surface area contributed by atoms with E-state index >= 15 is 0 Å².